The third kappa shape index (κ3) is 2.25. The van der Waals surface area contributed by atoms with Gasteiger partial charge in [0.2, 0.25) is 0 Å². The Morgan fingerprint density at radius 2 is 2.00 bits per heavy atom. The number of hydrogen-bond donors (Lipinski definition) is 1. The van der Waals surface area contributed by atoms with Gasteiger partial charge >= 0.3 is 0 Å². The summed E-state index contributed by atoms with van der Waals surface area (Å²) >= 11 is 0. The molecule has 1 aromatic rings. The smallest absolute Gasteiger partial charge is 0.123 e. The van der Waals surface area contributed by atoms with Crippen molar-refractivity contribution in [3.8, 4) is 0 Å². The summed E-state index contributed by atoms with van der Waals surface area (Å²) in [5, 5.41) is 0. The Morgan fingerprint density at radius 3 is 2.53 bits per heavy atom. The summed E-state index contributed by atoms with van der Waals surface area (Å²) in [6.45, 7) is 4.41. The Labute approximate surface area is 91.8 Å². The maximum absolute atomic E-state index is 6.27. The molecule has 84 valence electrons. The molecule has 1 saturated carbocycles. The Balaban J connectivity index is 2.02. The molecule has 1 fully saturated rings. The van der Waals surface area contributed by atoms with Gasteiger partial charge in [-0.1, -0.05) is 19.8 Å². The van der Waals surface area contributed by atoms with Gasteiger partial charge in [0.25, 0.3) is 0 Å². The third-order valence-corrected chi connectivity index (χ3v) is 3.77. The lowest BCUT2D eigenvalue weighted by molar-refractivity contribution is 0.238. The van der Waals surface area contributed by atoms with Crippen molar-refractivity contribution in [2.75, 3.05) is 0 Å². The first-order valence-corrected chi connectivity index (χ1v) is 5.98. The van der Waals surface area contributed by atoms with Gasteiger partial charge < -0.3 is 10.2 Å². The number of furan rings is 1. The maximum Gasteiger partial charge on any atom is 0.123 e. The predicted octanol–water partition coefficient (Wildman–Crippen LogP) is 3.41. The SMILES string of the molecule is Cc1ccoc1C(N)C1CCC(C)CC1. The van der Waals surface area contributed by atoms with E-state index in [0.29, 0.717) is 5.92 Å². The Hall–Kier alpha value is -0.760. The zero-order chi connectivity index (χ0) is 10.8. The summed E-state index contributed by atoms with van der Waals surface area (Å²) in [6, 6.07) is 2.10. The van der Waals surface area contributed by atoms with E-state index in [0.717, 1.165) is 11.7 Å². The van der Waals surface area contributed by atoms with E-state index in [1.54, 1.807) is 6.26 Å². The molecular weight excluding hydrogens is 186 g/mol. The van der Waals surface area contributed by atoms with Crippen LogP contribution in [-0.4, -0.2) is 0 Å². The van der Waals surface area contributed by atoms with Gasteiger partial charge in [-0.2, -0.15) is 0 Å². The quantitative estimate of drug-likeness (QED) is 0.807. The Morgan fingerprint density at radius 1 is 1.33 bits per heavy atom. The van der Waals surface area contributed by atoms with Crippen LogP contribution in [-0.2, 0) is 0 Å². The second-order valence-electron chi connectivity index (χ2n) is 5.01. The van der Waals surface area contributed by atoms with E-state index in [-0.39, 0.29) is 6.04 Å². The molecule has 2 nitrogen and oxygen atoms in total. The standard InChI is InChI=1S/C13H21NO/c1-9-3-5-11(6-4-9)12(14)13-10(2)7-8-15-13/h7-9,11-12H,3-6,14H2,1-2H3. The van der Waals surface area contributed by atoms with E-state index in [9.17, 15) is 0 Å². The van der Waals surface area contributed by atoms with Gasteiger partial charge in [0.1, 0.15) is 5.76 Å². The first kappa shape index (κ1) is 10.7. The molecule has 2 heteroatoms. The van der Waals surface area contributed by atoms with E-state index in [1.165, 1.54) is 31.2 Å². The van der Waals surface area contributed by atoms with Crippen LogP contribution in [0, 0.1) is 18.8 Å². The molecule has 0 saturated heterocycles. The lowest BCUT2D eigenvalue weighted by atomic mass is 9.78. The molecular formula is C13H21NO. The molecule has 2 rings (SSSR count). The van der Waals surface area contributed by atoms with E-state index in [4.69, 9.17) is 10.2 Å². The van der Waals surface area contributed by atoms with Crippen molar-refractivity contribution in [2.24, 2.45) is 17.6 Å². The molecule has 1 atom stereocenters. The number of nitrogens with two attached hydrogens (primary N) is 1. The van der Waals surface area contributed by atoms with Crippen LogP contribution < -0.4 is 5.73 Å². The lowest BCUT2D eigenvalue weighted by Crippen LogP contribution is -2.25. The lowest BCUT2D eigenvalue weighted by Gasteiger charge is -2.29. The summed E-state index contributed by atoms with van der Waals surface area (Å²) < 4.78 is 5.48. The monoisotopic (exact) mass is 207 g/mol. The van der Waals surface area contributed by atoms with Crippen LogP contribution >= 0.6 is 0 Å². The Bertz CT molecular complexity index is 310. The van der Waals surface area contributed by atoms with Crippen molar-refractivity contribution in [3.05, 3.63) is 23.7 Å². The topological polar surface area (TPSA) is 39.2 Å². The van der Waals surface area contributed by atoms with Gasteiger partial charge in [-0.3, -0.25) is 0 Å². The average Bonchev–Trinajstić information content (AvgIpc) is 2.65. The summed E-state index contributed by atoms with van der Waals surface area (Å²) in [7, 11) is 0. The minimum atomic E-state index is 0.104. The summed E-state index contributed by atoms with van der Waals surface area (Å²) in [5.41, 5.74) is 7.46. The molecule has 0 aliphatic heterocycles. The average molecular weight is 207 g/mol. The molecule has 0 radical (unpaired) electrons. The van der Waals surface area contributed by atoms with Crippen LogP contribution in [0.2, 0.25) is 0 Å². The van der Waals surface area contributed by atoms with E-state index >= 15 is 0 Å². The van der Waals surface area contributed by atoms with Crippen molar-refractivity contribution in [1.29, 1.82) is 0 Å². The van der Waals surface area contributed by atoms with Gasteiger partial charge in [0.15, 0.2) is 0 Å². The summed E-state index contributed by atoms with van der Waals surface area (Å²) in [6.07, 6.45) is 6.89. The predicted molar refractivity (Wildman–Crippen MR) is 61.5 cm³/mol. The van der Waals surface area contributed by atoms with Crippen molar-refractivity contribution in [3.63, 3.8) is 0 Å². The zero-order valence-electron chi connectivity index (χ0n) is 9.70. The van der Waals surface area contributed by atoms with Crippen LogP contribution in [0.5, 0.6) is 0 Å². The molecule has 2 N–H and O–H groups in total. The minimum absolute atomic E-state index is 0.104. The molecule has 15 heavy (non-hydrogen) atoms. The van der Waals surface area contributed by atoms with Crippen LogP contribution in [0.15, 0.2) is 16.7 Å². The van der Waals surface area contributed by atoms with E-state index in [1.807, 2.05) is 6.07 Å². The fourth-order valence-corrected chi connectivity index (χ4v) is 2.58. The minimum Gasteiger partial charge on any atom is -0.467 e. The zero-order valence-corrected chi connectivity index (χ0v) is 9.70. The van der Waals surface area contributed by atoms with Crippen LogP contribution in [0.4, 0.5) is 0 Å². The molecule has 1 heterocycles. The van der Waals surface area contributed by atoms with E-state index in [2.05, 4.69) is 13.8 Å². The first-order chi connectivity index (χ1) is 7.18. The molecule has 1 aromatic heterocycles. The van der Waals surface area contributed by atoms with Crippen LogP contribution in [0.3, 0.4) is 0 Å². The van der Waals surface area contributed by atoms with E-state index < -0.39 is 0 Å². The van der Waals surface area contributed by atoms with Gasteiger partial charge in [-0.05, 0) is 43.2 Å². The molecule has 0 bridgehead atoms. The van der Waals surface area contributed by atoms with Crippen molar-refractivity contribution >= 4 is 0 Å². The number of hydrogen-bond acceptors (Lipinski definition) is 2. The summed E-state index contributed by atoms with van der Waals surface area (Å²) in [4.78, 5) is 0. The Kier molecular flexibility index (Phi) is 3.15. The fourth-order valence-electron chi connectivity index (χ4n) is 2.58. The van der Waals surface area contributed by atoms with Crippen LogP contribution in [0.1, 0.15) is 50.0 Å². The second kappa shape index (κ2) is 4.40. The van der Waals surface area contributed by atoms with Crippen molar-refractivity contribution < 1.29 is 4.42 Å². The highest BCUT2D eigenvalue weighted by molar-refractivity contribution is 5.18. The number of aryl methyl sites for hydroxylation is 1. The third-order valence-electron chi connectivity index (χ3n) is 3.77. The van der Waals surface area contributed by atoms with Gasteiger partial charge in [0, 0.05) is 0 Å². The highest BCUT2D eigenvalue weighted by Crippen LogP contribution is 2.36. The van der Waals surface area contributed by atoms with Gasteiger partial charge in [-0.25, -0.2) is 0 Å². The first-order valence-electron chi connectivity index (χ1n) is 5.98. The highest BCUT2D eigenvalue weighted by atomic mass is 16.3. The second-order valence-corrected chi connectivity index (χ2v) is 5.01. The van der Waals surface area contributed by atoms with Gasteiger partial charge in [0.05, 0.1) is 12.3 Å². The number of rotatable bonds is 2. The molecule has 0 spiro atoms. The molecule has 1 aliphatic carbocycles. The molecule has 1 aliphatic rings. The van der Waals surface area contributed by atoms with Crippen molar-refractivity contribution in [2.45, 2.75) is 45.6 Å². The highest BCUT2D eigenvalue weighted by Gasteiger charge is 2.27. The summed E-state index contributed by atoms with van der Waals surface area (Å²) in [5.74, 6) is 2.49. The van der Waals surface area contributed by atoms with Crippen molar-refractivity contribution in [1.82, 2.24) is 0 Å². The fraction of sp³-hybridized carbons (Fsp3) is 0.692. The largest absolute Gasteiger partial charge is 0.467 e. The normalized spacial score (nSPS) is 29.0. The molecule has 0 amide bonds. The van der Waals surface area contributed by atoms with Crippen LogP contribution in [0.25, 0.3) is 0 Å². The maximum atomic E-state index is 6.27. The van der Waals surface area contributed by atoms with Gasteiger partial charge in [-0.15, -0.1) is 0 Å². The molecule has 1 unspecified atom stereocenters. The molecule has 0 aromatic carbocycles.